The van der Waals surface area contributed by atoms with Gasteiger partial charge in [0.1, 0.15) is 4.32 Å². The summed E-state index contributed by atoms with van der Waals surface area (Å²) in [6.07, 6.45) is 1.59. The molecule has 3 rings (SSSR count). The van der Waals surface area contributed by atoms with E-state index in [0.29, 0.717) is 22.2 Å². The zero-order valence-electron chi connectivity index (χ0n) is 15.2. The summed E-state index contributed by atoms with van der Waals surface area (Å²) in [6.45, 7) is 2.16. The molecule has 2 aromatic carbocycles. The maximum atomic E-state index is 13.0. The monoisotopic (exact) mass is 493 g/mol. The van der Waals surface area contributed by atoms with Gasteiger partial charge in [0, 0.05) is 0 Å². The Bertz CT molecular complexity index is 1010. The van der Waals surface area contributed by atoms with Crippen LogP contribution in [0.4, 0.5) is 0 Å². The normalized spacial score (nSPS) is 16.3. The first kappa shape index (κ1) is 21.4. The lowest BCUT2D eigenvalue weighted by molar-refractivity contribution is -0.145. The van der Waals surface area contributed by atoms with Crippen molar-refractivity contribution in [2.45, 2.75) is 13.0 Å². The van der Waals surface area contributed by atoms with E-state index in [0.717, 1.165) is 16.7 Å². The van der Waals surface area contributed by atoms with E-state index in [2.05, 4.69) is 15.9 Å². The van der Waals surface area contributed by atoms with Gasteiger partial charge in [-0.15, -0.1) is 0 Å². The summed E-state index contributed by atoms with van der Waals surface area (Å²) in [7, 11) is 0. The Labute approximate surface area is 185 Å². The van der Waals surface area contributed by atoms with Gasteiger partial charge in [-0.05, 0) is 52.2 Å². The molecule has 1 unspecified atom stereocenters. The van der Waals surface area contributed by atoms with Gasteiger partial charge in [-0.2, -0.15) is 0 Å². The first-order chi connectivity index (χ1) is 13.8. The highest BCUT2D eigenvalue weighted by molar-refractivity contribution is 9.10. The van der Waals surface area contributed by atoms with Crippen molar-refractivity contribution < 1.29 is 24.5 Å². The van der Waals surface area contributed by atoms with Gasteiger partial charge in [0.2, 0.25) is 0 Å². The van der Waals surface area contributed by atoms with E-state index in [1.807, 2.05) is 0 Å². The van der Waals surface area contributed by atoms with Crippen LogP contribution in [0, 0.1) is 0 Å². The molecule has 150 valence electrons. The van der Waals surface area contributed by atoms with Gasteiger partial charge in [0.05, 0.1) is 16.0 Å². The van der Waals surface area contributed by atoms with E-state index in [-0.39, 0.29) is 20.7 Å². The van der Waals surface area contributed by atoms with Crippen LogP contribution < -0.4 is 4.74 Å². The number of aliphatic carboxylic acids is 1. The molecule has 0 radical (unpaired) electrons. The summed E-state index contributed by atoms with van der Waals surface area (Å²) in [4.78, 5) is 26.3. The number of phenolic OH excluding ortho intramolecular Hbond substituents is 1. The summed E-state index contributed by atoms with van der Waals surface area (Å²) in [6, 6.07) is 10.5. The predicted molar refractivity (Wildman–Crippen MR) is 119 cm³/mol. The van der Waals surface area contributed by atoms with Gasteiger partial charge in [0.25, 0.3) is 5.91 Å². The Balaban J connectivity index is 1.97. The fourth-order valence-electron chi connectivity index (χ4n) is 2.83. The number of nitrogens with zero attached hydrogens (tertiary/aromatic N) is 1. The molecule has 2 aromatic rings. The van der Waals surface area contributed by atoms with Crippen LogP contribution in [-0.4, -0.2) is 37.9 Å². The lowest BCUT2D eigenvalue weighted by Crippen LogP contribution is -2.37. The van der Waals surface area contributed by atoms with Gasteiger partial charge in [-0.25, -0.2) is 4.79 Å². The number of benzene rings is 2. The number of carbonyl (C=O) groups excluding carboxylic acids is 1. The minimum Gasteiger partial charge on any atom is -0.503 e. The second-order valence-corrected chi connectivity index (χ2v) is 8.52. The van der Waals surface area contributed by atoms with Crippen LogP contribution >= 0.6 is 39.9 Å². The van der Waals surface area contributed by atoms with Crippen molar-refractivity contribution in [3.05, 3.63) is 63.0 Å². The molecule has 29 heavy (non-hydrogen) atoms. The summed E-state index contributed by atoms with van der Waals surface area (Å²) in [5, 5.41) is 19.8. The third kappa shape index (κ3) is 4.47. The van der Waals surface area contributed by atoms with E-state index in [1.54, 1.807) is 55.5 Å². The van der Waals surface area contributed by atoms with Crippen LogP contribution in [0.3, 0.4) is 0 Å². The molecule has 0 aromatic heterocycles. The van der Waals surface area contributed by atoms with Crippen molar-refractivity contribution in [3.8, 4) is 11.5 Å². The second-order valence-electron chi connectivity index (χ2n) is 5.99. The van der Waals surface area contributed by atoms with Crippen LogP contribution in [0.5, 0.6) is 11.5 Å². The van der Waals surface area contributed by atoms with E-state index in [1.165, 1.54) is 0 Å². The number of hydrogen-bond donors (Lipinski definition) is 2. The quantitative estimate of drug-likeness (QED) is 0.449. The highest BCUT2D eigenvalue weighted by Crippen LogP contribution is 2.40. The minimum absolute atomic E-state index is 0.0356. The fraction of sp³-hybridized carbons (Fsp3) is 0.150. The fourth-order valence-corrected chi connectivity index (χ4v) is 4.61. The average Bonchev–Trinajstić information content (AvgIpc) is 2.94. The maximum Gasteiger partial charge on any atom is 0.331 e. The first-order valence-electron chi connectivity index (χ1n) is 8.53. The molecule has 1 atom stereocenters. The van der Waals surface area contributed by atoms with Crippen molar-refractivity contribution in [2.75, 3.05) is 6.61 Å². The lowest BCUT2D eigenvalue weighted by atomic mass is 10.1. The lowest BCUT2D eigenvalue weighted by Gasteiger charge is -2.23. The Hall–Kier alpha value is -2.36. The number of thioether (sulfide) groups is 1. The van der Waals surface area contributed by atoms with E-state index >= 15 is 0 Å². The highest BCUT2D eigenvalue weighted by Gasteiger charge is 2.41. The summed E-state index contributed by atoms with van der Waals surface area (Å²) < 4.78 is 5.99. The van der Waals surface area contributed by atoms with Crippen LogP contribution in [0.1, 0.15) is 24.1 Å². The molecule has 1 fully saturated rings. The van der Waals surface area contributed by atoms with Gasteiger partial charge in [-0.3, -0.25) is 9.69 Å². The van der Waals surface area contributed by atoms with Gasteiger partial charge in [0.15, 0.2) is 17.5 Å². The molecule has 0 saturated carbocycles. The number of phenols is 1. The average molecular weight is 494 g/mol. The molecule has 1 heterocycles. The SMILES string of the molecule is CCOc1cc(/C=C2\SC(=S)N(C(C(=O)O)c3ccccc3)C2=O)cc(Br)c1O. The first-order valence-corrected chi connectivity index (χ1v) is 10.5. The smallest absolute Gasteiger partial charge is 0.331 e. The van der Waals surface area contributed by atoms with E-state index in [9.17, 15) is 19.8 Å². The molecule has 9 heteroatoms. The number of carbonyl (C=O) groups is 2. The number of carboxylic acid groups (broad SMARTS) is 1. The van der Waals surface area contributed by atoms with Crippen molar-refractivity contribution in [2.24, 2.45) is 0 Å². The van der Waals surface area contributed by atoms with Crippen LogP contribution in [-0.2, 0) is 9.59 Å². The topological polar surface area (TPSA) is 87.1 Å². The Morgan fingerprint density at radius 3 is 2.66 bits per heavy atom. The number of hydrogen-bond acceptors (Lipinski definition) is 6. The molecule has 1 aliphatic heterocycles. The van der Waals surface area contributed by atoms with Gasteiger partial charge >= 0.3 is 5.97 Å². The van der Waals surface area contributed by atoms with Crippen molar-refractivity contribution >= 4 is 62.2 Å². The molecular formula is C20H16BrNO5S2. The summed E-state index contributed by atoms with van der Waals surface area (Å²) in [5.41, 5.74) is 1.06. The van der Waals surface area contributed by atoms with Crippen molar-refractivity contribution in [3.63, 3.8) is 0 Å². The van der Waals surface area contributed by atoms with E-state index in [4.69, 9.17) is 17.0 Å². The molecule has 2 N–H and O–H groups in total. The molecule has 0 spiro atoms. The standard InChI is InChI=1S/C20H16BrNO5S2/c1-2-27-14-9-11(8-13(21)17(14)23)10-15-18(24)22(20(28)29-15)16(19(25)26)12-6-4-3-5-7-12/h3-10,16,23H,2H2,1H3,(H,25,26)/b15-10-. The molecular weight excluding hydrogens is 478 g/mol. The predicted octanol–water partition coefficient (Wildman–Crippen LogP) is 4.58. The van der Waals surface area contributed by atoms with Crippen LogP contribution in [0.2, 0.25) is 0 Å². The highest BCUT2D eigenvalue weighted by atomic mass is 79.9. The number of thiocarbonyl (C=S) groups is 1. The zero-order chi connectivity index (χ0) is 21.1. The molecule has 1 saturated heterocycles. The van der Waals surface area contributed by atoms with Crippen molar-refractivity contribution in [1.82, 2.24) is 4.90 Å². The summed E-state index contributed by atoms with van der Waals surface area (Å²) >= 11 is 9.61. The number of halogens is 1. The minimum atomic E-state index is -1.21. The third-order valence-electron chi connectivity index (χ3n) is 4.08. The van der Waals surface area contributed by atoms with Crippen molar-refractivity contribution in [1.29, 1.82) is 0 Å². The molecule has 1 amide bonds. The second kappa shape index (κ2) is 8.98. The Kier molecular flexibility index (Phi) is 6.61. The number of aromatic hydroxyl groups is 1. The van der Waals surface area contributed by atoms with Crippen LogP contribution in [0.25, 0.3) is 6.08 Å². The maximum absolute atomic E-state index is 13.0. The van der Waals surface area contributed by atoms with Gasteiger partial charge in [-0.1, -0.05) is 54.3 Å². The Morgan fingerprint density at radius 2 is 2.03 bits per heavy atom. The van der Waals surface area contributed by atoms with Gasteiger partial charge < -0.3 is 14.9 Å². The van der Waals surface area contributed by atoms with E-state index < -0.39 is 17.9 Å². The molecule has 6 nitrogen and oxygen atoms in total. The third-order valence-corrected chi connectivity index (χ3v) is 6.01. The largest absolute Gasteiger partial charge is 0.503 e. The number of amides is 1. The number of rotatable bonds is 6. The van der Waals surface area contributed by atoms with Crippen LogP contribution in [0.15, 0.2) is 51.8 Å². The molecule has 0 bridgehead atoms. The zero-order valence-corrected chi connectivity index (χ0v) is 18.4. The molecule has 1 aliphatic rings. The molecule has 0 aliphatic carbocycles. The number of ether oxygens (including phenoxy) is 1. The Morgan fingerprint density at radius 1 is 1.34 bits per heavy atom. The number of carboxylic acids is 1. The summed E-state index contributed by atoms with van der Waals surface area (Å²) in [5.74, 6) is -1.42.